The zero-order valence-electron chi connectivity index (χ0n) is 19.7. The molecule has 1 aromatic carbocycles. The molecule has 1 aliphatic heterocycles. The molecule has 0 spiro atoms. The largest absolute Gasteiger partial charge is 0.493 e. The second-order valence-corrected chi connectivity index (χ2v) is 7.99. The zero-order chi connectivity index (χ0) is 23.4. The number of nitrogens with one attached hydrogen (secondary N) is 1. The molecule has 0 aliphatic carbocycles. The number of likely N-dealkylation sites (N-methyl/N-ethyl adjacent to an activating group) is 1. The molecular weight excluding hydrogens is 420 g/mol. The number of methoxy groups -OCH3 is 3. The fourth-order valence-electron chi connectivity index (χ4n) is 3.84. The number of nitrogens with zero attached hydrogens (tertiary/aromatic N) is 5. The number of hydrogen-bond donors (Lipinski definition) is 1. The Hall–Kier alpha value is -3.59. The molecule has 33 heavy (non-hydrogen) atoms. The number of piperazine rings is 1. The van der Waals surface area contributed by atoms with Crippen molar-refractivity contribution in [3.63, 3.8) is 0 Å². The lowest BCUT2D eigenvalue weighted by molar-refractivity contribution is 0.233. The number of rotatable bonds is 7. The second kappa shape index (κ2) is 9.91. The quantitative estimate of drug-likeness (QED) is 0.582. The Morgan fingerprint density at radius 2 is 1.73 bits per heavy atom. The molecule has 0 saturated carbocycles. The van der Waals surface area contributed by atoms with Crippen molar-refractivity contribution >= 4 is 17.5 Å². The summed E-state index contributed by atoms with van der Waals surface area (Å²) in [5.41, 5.74) is 2.43. The molecule has 1 atom stereocenters. The maximum Gasteiger partial charge on any atom is 0.227 e. The third-order valence-electron chi connectivity index (χ3n) is 5.90. The summed E-state index contributed by atoms with van der Waals surface area (Å²) in [5, 5.41) is 3.22. The topological polar surface area (TPSA) is 84.9 Å². The number of aromatic nitrogens is 3. The smallest absolute Gasteiger partial charge is 0.227 e. The summed E-state index contributed by atoms with van der Waals surface area (Å²) in [6, 6.07) is 10.1. The molecule has 1 aliphatic rings. The summed E-state index contributed by atoms with van der Waals surface area (Å²) >= 11 is 0. The van der Waals surface area contributed by atoms with Crippen LogP contribution in [0.3, 0.4) is 0 Å². The van der Waals surface area contributed by atoms with Gasteiger partial charge in [-0.15, -0.1) is 0 Å². The normalized spacial score (nSPS) is 16.4. The monoisotopic (exact) mass is 450 g/mol. The molecule has 0 bridgehead atoms. The second-order valence-electron chi connectivity index (χ2n) is 7.99. The molecule has 3 heterocycles. The van der Waals surface area contributed by atoms with Gasteiger partial charge in [-0.2, -0.15) is 0 Å². The highest BCUT2D eigenvalue weighted by atomic mass is 16.5. The highest BCUT2D eigenvalue weighted by Gasteiger charge is 2.21. The van der Waals surface area contributed by atoms with Crippen LogP contribution in [0.4, 0.5) is 17.5 Å². The summed E-state index contributed by atoms with van der Waals surface area (Å²) < 4.78 is 16.2. The Kier molecular flexibility index (Phi) is 6.79. The first-order valence-electron chi connectivity index (χ1n) is 10.8. The van der Waals surface area contributed by atoms with E-state index in [1.54, 1.807) is 27.5 Å². The summed E-state index contributed by atoms with van der Waals surface area (Å²) in [7, 11) is 6.90. The standard InChI is InChI=1S/C24H30N6O3/c1-16-15-30(11-10-29(16)2)22-7-6-17(14-26-22)19-8-9-25-24(28-19)27-18-12-20(31-3)23(33-5)21(13-18)32-4/h6-9,12-14,16H,10-11,15H2,1-5H3,(H,25,27,28)/t16-/m0/s1. The number of anilines is 3. The van der Waals surface area contributed by atoms with Crippen LogP contribution in [0.25, 0.3) is 11.3 Å². The van der Waals surface area contributed by atoms with Gasteiger partial charge in [0, 0.05) is 61.5 Å². The average molecular weight is 451 g/mol. The molecule has 9 nitrogen and oxygen atoms in total. The maximum atomic E-state index is 5.42. The van der Waals surface area contributed by atoms with Gasteiger partial charge in [-0.3, -0.25) is 0 Å². The lowest BCUT2D eigenvalue weighted by atomic mass is 10.2. The third kappa shape index (κ3) is 4.93. The summed E-state index contributed by atoms with van der Waals surface area (Å²) in [6.45, 7) is 5.22. The Balaban J connectivity index is 1.53. The average Bonchev–Trinajstić information content (AvgIpc) is 2.85. The summed E-state index contributed by atoms with van der Waals surface area (Å²) in [6.07, 6.45) is 3.59. The molecule has 1 fully saturated rings. The van der Waals surface area contributed by atoms with E-state index in [1.807, 2.05) is 24.4 Å². The van der Waals surface area contributed by atoms with E-state index < -0.39 is 0 Å². The first-order valence-corrected chi connectivity index (χ1v) is 10.8. The molecule has 4 rings (SSSR count). The van der Waals surface area contributed by atoms with Crippen LogP contribution in [-0.4, -0.2) is 73.9 Å². The van der Waals surface area contributed by atoms with E-state index in [-0.39, 0.29) is 0 Å². The maximum absolute atomic E-state index is 5.42. The van der Waals surface area contributed by atoms with Crippen molar-refractivity contribution in [1.29, 1.82) is 0 Å². The van der Waals surface area contributed by atoms with Crippen LogP contribution in [0, 0.1) is 0 Å². The molecule has 1 saturated heterocycles. The fourth-order valence-corrected chi connectivity index (χ4v) is 3.84. The zero-order valence-corrected chi connectivity index (χ0v) is 19.7. The van der Waals surface area contributed by atoms with Crippen molar-refractivity contribution in [3.8, 4) is 28.5 Å². The van der Waals surface area contributed by atoms with Crippen molar-refractivity contribution in [2.24, 2.45) is 0 Å². The van der Waals surface area contributed by atoms with Crippen molar-refractivity contribution < 1.29 is 14.2 Å². The summed E-state index contributed by atoms with van der Waals surface area (Å²) in [4.78, 5) is 18.4. The molecule has 174 valence electrons. The number of pyridine rings is 1. The minimum absolute atomic E-state index is 0.457. The Morgan fingerprint density at radius 3 is 2.33 bits per heavy atom. The Labute approximate surface area is 194 Å². The van der Waals surface area contributed by atoms with Crippen LogP contribution in [0.1, 0.15) is 6.92 Å². The lowest BCUT2D eigenvalue weighted by Gasteiger charge is -2.38. The first kappa shape index (κ1) is 22.6. The summed E-state index contributed by atoms with van der Waals surface area (Å²) in [5.74, 6) is 3.07. The van der Waals surface area contributed by atoms with Gasteiger partial charge < -0.3 is 29.3 Å². The Bertz CT molecular complexity index is 1070. The minimum atomic E-state index is 0.457. The van der Waals surface area contributed by atoms with Gasteiger partial charge in [0.2, 0.25) is 11.7 Å². The Morgan fingerprint density at radius 1 is 0.970 bits per heavy atom. The molecule has 9 heteroatoms. The van der Waals surface area contributed by atoms with Crippen LogP contribution in [0.5, 0.6) is 17.2 Å². The highest BCUT2D eigenvalue weighted by molar-refractivity contribution is 5.67. The van der Waals surface area contributed by atoms with Gasteiger partial charge in [0.25, 0.3) is 0 Å². The van der Waals surface area contributed by atoms with Crippen LogP contribution in [0.2, 0.25) is 0 Å². The SMILES string of the molecule is COc1cc(Nc2nccc(-c3ccc(N4CCN(C)[C@@H](C)C4)nc3)n2)cc(OC)c1OC. The highest BCUT2D eigenvalue weighted by Crippen LogP contribution is 2.40. The van der Waals surface area contributed by atoms with Gasteiger partial charge in [-0.1, -0.05) is 0 Å². The van der Waals surface area contributed by atoms with Crippen molar-refractivity contribution in [2.75, 3.05) is 58.2 Å². The minimum Gasteiger partial charge on any atom is -0.493 e. The van der Waals surface area contributed by atoms with Crippen molar-refractivity contribution in [3.05, 3.63) is 42.7 Å². The van der Waals surface area contributed by atoms with Crippen LogP contribution < -0.4 is 24.4 Å². The molecule has 0 amide bonds. The van der Waals surface area contributed by atoms with Crippen molar-refractivity contribution in [2.45, 2.75) is 13.0 Å². The number of ether oxygens (including phenoxy) is 3. The van der Waals surface area contributed by atoms with Gasteiger partial charge in [0.05, 0.1) is 27.0 Å². The molecule has 3 aromatic rings. The lowest BCUT2D eigenvalue weighted by Crippen LogP contribution is -2.50. The van der Waals surface area contributed by atoms with E-state index in [4.69, 9.17) is 19.2 Å². The van der Waals surface area contributed by atoms with E-state index in [9.17, 15) is 0 Å². The van der Waals surface area contributed by atoms with Gasteiger partial charge in [-0.05, 0) is 32.2 Å². The predicted molar refractivity (Wildman–Crippen MR) is 129 cm³/mol. The van der Waals surface area contributed by atoms with Crippen LogP contribution in [-0.2, 0) is 0 Å². The van der Waals surface area contributed by atoms with E-state index in [0.717, 1.165) is 42.4 Å². The van der Waals surface area contributed by atoms with Gasteiger partial charge in [0.15, 0.2) is 11.5 Å². The van der Waals surface area contributed by atoms with Gasteiger partial charge in [-0.25, -0.2) is 15.0 Å². The van der Waals surface area contributed by atoms with Gasteiger partial charge in [0.1, 0.15) is 5.82 Å². The van der Waals surface area contributed by atoms with Crippen molar-refractivity contribution in [1.82, 2.24) is 19.9 Å². The van der Waals surface area contributed by atoms with E-state index in [1.165, 1.54) is 0 Å². The van der Waals surface area contributed by atoms with E-state index >= 15 is 0 Å². The molecule has 0 unspecified atom stereocenters. The third-order valence-corrected chi connectivity index (χ3v) is 5.90. The molecule has 1 N–H and O–H groups in total. The molecule has 2 aromatic heterocycles. The first-order chi connectivity index (χ1) is 16.0. The molecular formula is C24H30N6O3. The fraction of sp³-hybridized carbons (Fsp3) is 0.375. The van der Waals surface area contributed by atoms with Crippen LogP contribution in [0.15, 0.2) is 42.7 Å². The number of hydrogen-bond acceptors (Lipinski definition) is 9. The predicted octanol–water partition coefficient (Wildman–Crippen LogP) is 3.45. The molecule has 0 radical (unpaired) electrons. The van der Waals surface area contributed by atoms with E-state index in [0.29, 0.717) is 29.2 Å². The number of benzene rings is 1. The van der Waals surface area contributed by atoms with Gasteiger partial charge >= 0.3 is 0 Å². The van der Waals surface area contributed by atoms with Crippen LogP contribution >= 0.6 is 0 Å². The van der Waals surface area contributed by atoms with E-state index in [2.05, 4.69) is 51.2 Å².